The molecule has 4 rings (SSSR count). The monoisotopic (exact) mass is 339 g/mol. The second kappa shape index (κ2) is 5.99. The number of hydrogen-bond acceptors (Lipinski definition) is 4. The van der Waals surface area contributed by atoms with E-state index in [-0.39, 0.29) is 5.91 Å². The van der Waals surface area contributed by atoms with E-state index >= 15 is 0 Å². The Morgan fingerprint density at radius 3 is 2.56 bits per heavy atom. The van der Waals surface area contributed by atoms with E-state index in [1.807, 2.05) is 43.3 Å². The molecular weight excluding hydrogens is 318 g/mol. The molecule has 1 aliphatic carbocycles. The summed E-state index contributed by atoms with van der Waals surface area (Å²) in [6, 6.07) is 11.6. The van der Waals surface area contributed by atoms with Gasteiger partial charge in [-0.25, -0.2) is 0 Å². The fourth-order valence-electron chi connectivity index (χ4n) is 3.27. The molecule has 1 amide bonds. The summed E-state index contributed by atoms with van der Waals surface area (Å²) in [6.07, 6.45) is 1.65. The molecule has 0 bridgehead atoms. The first-order chi connectivity index (χ1) is 12.1. The summed E-state index contributed by atoms with van der Waals surface area (Å²) >= 11 is 0. The maximum Gasteiger partial charge on any atom is 0.235 e. The van der Waals surface area contributed by atoms with Crippen LogP contribution < -0.4 is 19.5 Å². The van der Waals surface area contributed by atoms with Gasteiger partial charge in [0.2, 0.25) is 5.91 Å². The molecular formula is C20H21NO4. The highest BCUT2D eigenvalue weighted by molar-refractivity contribution is 6.02. The van der Waals surface area contributed by atoms with Crippen LogP contribution in [0.4, 0.5) is 5.69 Å². The first-order valence-electron chi connectivity index (χ1n) is 8.49. The van der Waals surface area contributed by atoms with Gasteiger partial charge >= 0.3 is 0 Å². The van der Waals surface area contributed by atoms with E-state index in [1.54, 1.807) is 7.11 Å². The van der Waals surface area contributed by atoms with Crippen molar-refractivity contribution in [2.75, 3.05) is 25.6 Å². The molecule has 0 aromatic heterocycles. The minimum absolute atomic E-state index is 0.00641. The fraction of sp³-hybridized carbons (Fsp3) is 0.350. The van der Waals surface area contributed by atoms with E-state index in [2.05, 4.69) is 5.32 Å². The molecule has 25 heavy (non-hydrogen) atoms. The standard InChI is InChI=1S/C20H21NO4/c1-13-3-5-16(23-2)15(11-13)21-19(22)20(7-8-20)14-4-6-17-18(12-14)25-10-9-24-17/h3-6,11-12H,7-10H2,1-2H3,(H,21,22). The van der Waals surface area contributed by atoms with Crippen LogP contribution in [0.2, 0.25) is 0 Å². The van der Waals surface area contributed by atoms with Crippen LogP contribution in [0.15, 0.2) is 36.4 Å². The maximum atomic E-state index is 13.0. The minimum Gasteiger partial charge on any atom is -0.495 e. The third-order valence-corrected chi connectivity index (χ3v) is 4.88. The van der Waals surface area contributed by atoms with Crippen LogP contribution in [-0.4, -0.2) is 26.2 Å². The van der Waals surface area contributed by atoms with Crippen molar-refractivity contribution in [2.45, 2.75) is 25.2 Å². The number of amides is 1. The summed E-state index contributed by atoms with van der Waals surface area (Å²) < 4.78 is 16.6. The Hall–Kier alpha value is -2.69. The second-order valence-corrected chi connectivity index (χ2v) is 6.60. The summed E-state index contributed by atoms with van der Waals surface area (Å²) in [5.74, 6) is 2.12. The maximum absolute atomic E-state index is 13.0. The molecule has 5 nitrogen and oxygen atoms in total. The highest BCUT2D eigenvalue weighted by atomic mass is 16.6. The van der Waals surface area contributed by atoms with Gasteiger partial charge in [0, 0.05) is 0 Å². The summed E-state index contributed by atoms with van der Waals surface area (Å²) in [7, 11) is 1.61. The van der Waals surface area contributed by atoms with E-state index in [0.29, 0.717) is 24.7 Å². The normalized spacial score (nSPS) is 16.9. The van der Waals surface area contributed by atoms with Crippen LogP contribution in [-0.2, 0) is 10.2 Å². The molecule has 0 unspecified atom stereocenters. The number of nitrogens with one attached hydrogen (secondary N) is 1. The number of benzene rings is 2. The predicted octanol–water partition coefficient (Wildman–Crippen LogP) is 3.45. The number of fused-ring (bicyclic) bond motifs is 1. The molecule has 1 saturated carbocycles. The Morgan fingerprint density at radius 2 is 1.84 bits per heavy atom. The van der Waals surface area contributed by atoms with E-state index in [0.717, 1.165) is 35.5 Å². The highest BCUT2D eigenvalue weighted by Gasteiger charge is 2.51. The SMILES string of the molecule is COc1ccc(C)cc1NC(=O)C1(c2ccc3c(c2)OCCO3)CC1. The lowest BCUT2D eigenvalue weighted by Crippen LogP contribution is -2.28. The van der Waals surface area contributed by atoms with Crippen LogP contribution in [0.25, 0.3) is 0 Å². The van der Waals surface area contributed by atoms with Crippen molar-refractivity contribution >= 4 is 11.6 Å². The first kappa shape index (κ1) is 15.8. The molecule has 2 aliphatic rings. The molecule has 0 spiro atoms. The smallest absolute Gasteiger partial charge is 0.235 e. The summed E-state index contributed by atoms with van der Waals surface area (Å²) in [4.78, 5) is 13.0. The van der Waals surface area contributed by atoms with Crippen LogP contribution in [0.3, 0.4) is 0 Å². The summed E-state index contributed by atoms with van der Waals surface area (Å²) in [5, 5.41) is 3.05. The third kappa shape index (κ3) is 2.80. The number of aryl methyl sites for hydroxylation is 1. The van der Waals surface area contributed by atoms with Crippen molar-refractivity contribution in [3.8, 4) is 17.2 Å². The van der Waals surface area contributed by atoms with Gasteiger partial charge in [0.25, 0.3) is 0 Å². The van der Waals surface area contributed by atoms with Crippen LogP contribution in [0, 0.1) is 6.92 Å². The number of hydrogen-bond donors (Lipinski definition) is 1. The predicted molar refractivity (Wildman–Crippen MR) is 94.7 cm³/mol. The number of methoxy groups -OCH3 is 1. The van der Waals surface area contributed by atoms with Crippen molar-refractivity contribution in [1.29, 1.82) is 0 Å². The molecule has 1 heterocycles. The molecule has 1 N–H and O–H groups in total. The van der Waals surface area contributed by atoms with E-state index in [9.17, 15) is 4.79 Å². The van der Waals surface area contributed by atoms with Crippen molar-refractivity contribution in [2.24, 2.45) is 0 Å². The van der Waals surface area contributed by atoms with Gasteiger partial charge < -0.3 is 19.5 Å². The number of anilines is 1. The first-order valence-corrected chi connectivity index (χ1v) is 8.49. The number of carbonyl (C=O) groups is 1. The summed E-state index contributed by atoms with van der Waals surface area (Å²) in [5.41, 5.74) is 2.25. The van der Waals surface area contributed by atoms with Gasteiger partial charge in [0.15, 0.2) is 11.5 Å². The molecule has 0 saturated heterocycles. The largest absolute Gasteiger partial charge is 0.495 e. The molecule has 5 heteroatoms. The topological polar surface area (TPSA) is 56.8 Å². The minimum atomic E-state index is -0.495. The van der Waals surface area contributed by atoms with Gasteiger partial charge in [-0.05, 0) is 55.2 Å². The molecule has 130 valence electrons. The lowest BCUT2D eigenvalue weighted by atomic mass is 9.94. The van der Waals surface area contributed by atoms with Gasteiger partial charge in [-0.15, -0.1) is 0 Å². The van der Waals surface area contributed by atoms with E-state index in [1.165, 1.54) is 0 Å². The highest BCUT2D eigenvalue weighted by Crippen LogP contribution is 2.51. The Kier molecular flexibility index (Phi) is 3.79. The molecule has 0 radical (unpaired) electrons. The second-order valence-electron chi connectivity index (χ2n) is 6.60. The molecule has 1 aliphatic heterocycles. The van der Waals surface area contributed by atoms with E-state index < -0.39 is 5.41 Å². The third-order valence-electron chi connectivity index (χ3n) is 4.88. The van der Waals surface area contributed by atoms with Crippen molar-refractivity contribution < 1.29 is 19.0 Å². The average Bonchev–Trinajstić information content (AvgIpc) is 3.43. The van der Waals surface area contributed by atoms with Gasteiger partial charge in [-0.2, -0.15) is 0 Å². The lowest BCUT2D eigenvalue weighted by Gasteiger charge is -2.22. The molecule has 2 aromatic rings. The molecule has 1 fully saturated rings. The number of ether oxygens (including phenoxy) is 3. The zero-order valence-electron chi connectivity index (χ0n) is 14.4. The van der Waals surface area contributed by atoms with Crippen molar-refractivity contribution in [3.05, 3.63) is 47.5 Å². The van der Waals surface area contributed by atoms with Gasteiger partial charge in [-0.1, -0.05) is 12.1 Å². The molecule has 2 aromatic carbocycles. The van der Waals surface area contributed by atoms with Crippen LogP contribution >= 0.6 is 0 Å². The Balaban J connectivity index is 1.61. The van der Waals surface area contributed by atoms with Crippen LogP contribution in [0.5, 0.6) is 17.2 Å². The Morgan fingerprint density at radius 1 is 1.08 bits per heavy atom. The Labute approximate surface area is 146 Å². The van der Waals surface area contributed by atoms with Crippen molar-refractivity contribution in [3.63, 3.8) is 0 Å². The van der Waals surface area contributed by atoms with Gasteiger partial charge in [0.05, 0.1) is 18.2 Å². The number of carbonyl (C=O) groups excluding carboxylic acids is 1. The fourth-order valence-corrected chi connectivity index (χ4v) is 3.27. The van der Waals surface area contributed by atoms with Gasteiger partial charge in [0.1, 0.15) is 19.0 Å². The van der Waals surface area contributed by atoms with Gasteiger partial charge in [-0.3, -0.25) is 4.79 Å². The summed E-state index contributed by atoms with van der Waals surface area (Å²) in [6.45, 7) is 3.09. The quantitative estimate of drug-likeness (QED) is 0.927. The van der Waals surface area contributed by atoms with E-state index in [4.69, 9.17) is 14.2 Å². The van der Waals surface area contributed by atoms with Crippen LogP contribution in [0.1, 0.15) is 24.0 Å². The zero-order valence-corrected chi connectivity index (χ0v) is 14.4. The average molecular weight is 339 g/mol. The van der Waals surface area contributed by atoms with Crippen molar-refractivity contribution in [1.82, 2.24) is 0 Å². The Bertz CT molecular complexity index is 826. The zero-order chi connectivity index (χ0) is 17.4. The lowest BCUT2D eigenvalue weighted by molar-refractivity contribution is -0.118. The number of rotatable bonds is 4. The molecule has 0 atom stereocenters.